The molecule has 0 aliphatic carbocycles. The predicted octanol–water partition coefficient (Wildman–Crippen LogP) is 3.62. The Hall–Kier alpha value is -3.08. The summed E-state index contributed by atoms with van der Waals surface area (Å²) >= 11 is 0. The van der Waals surface area contributed by atoms with E-state index in [9.17, 15) is 4.79 Å². The summed E-state index contributed by atoms with van der Waals surface area (Å²) < 4.78 is 4.04. The summed E-state index contributed by atoms with van der Waals surface area (Å²) in [4.78, 5) is 12.2. The average molecular weight is 320 g/mol. The Labute approximate surface area is 141 Å². The molecule has 122 valence electrons. The minimum Gasteiger partial charge on any atom is -0.351 e. The standard InChI is InChI=1S/C19H20N4O/c1-15(2)23-11-8-16(14-23)13-20-21-19(24)17-6-5-7-18(12-17)22-9-3-4-10-22/h3-15H,1-2H3,(H,21,24)/b20-13+. The molecule has 0 saturated carbocycles. The third-order valence-corrected chi connectivity index (χ3v) is 3.72. The molecule has 0 aliphatic rings. The van der Waals surface area contributed by atoms with Gasteiger partial charge in [-0.05, 0) is 50.2 Å². The number of aromatic nitrogens is 2. The Balaban J connectivity index is 1.66. The van der Waals surface area contributed by atoms with Crippen molar-refractivity contribution in [3.63, 3.8) is 0 Å². The smallest absolute Gasteiger partial charge is 0.271 e. The number of nitrogens with zero attached hydrogens (tertiary/aromatic N) is 3. The fourth-order valence-corrected chi connectivity index (χ4v) is 2.37. The van der Waals surface area contributed by atoms with E-state index in [4.69, 9.17) is 0 Å². The van der Waals surface area contributed by atoms with Crippen molar-refractivity contribution in [3.8, 4) is 5.69 Å². The van der Waals surface area contributed by atoms with Crippen LogP contribution in [-0.4, -0.2) is 21.3 Å². The Morgan fingerprint density at radius 2 is 1.92 bits per heavy atom. The zero-order valence-electron chi connectivity index (χ0n) is 13.8. The molecule has 0 atom stereocenters. The van der Waals surface area contributed by atoms with Crippen molar-refractivity contribution in [2.45, 2.75) is 19.9 Å². The van der Waals surface area contributed by atoms with Crippen LogP contribution in [0, 0.1) is 0 Å². The summed E-state index contributed by atoms with van der Waals surface area (Å²) in [5, 5.41) is 4.04. The van der Waals surface area contributed by atoms with Crippen LogP contribution in [0.4, 0.5) is 0 Å². The van der Waals surface area contributed by atoms with Crippen molar-refractivity contribution >= 4 is 12.1 Å². The molecule has 2 heterocycles. The second-order valence-corrected chi connectivity index (χ2v) is 5.83. The van der Waals surface area contributed by atoms with E-state index in [-0.39, 0.29) is 5.91 Å². The van der Waals surface area contributed by atoms with Gasteiger partial charge in [-0.2, -0.15) is 5.10 Å². The van der Waals surface area contributed by atoms with Crippen LogP contribution in [0.3, 0.4) is 0 Å². The molecule has 0 spiro atoms. The van der Waals surface area contributed by atoms with E-state index in [1.165, 1.54) is 0 Å². The zero-order valence-corrected chi connectivity index (χ0v) is 13.8. The van der Waals surface area contributed by atoms with Gasteiger partial charge in [0.25, 0.3) is 5.91 Å². The molecule has 24 heavy (non-hydrogen) atoms. The van der Waals surface area contributed by atoms with Crippen LogP contribution in [0.5, 0.6) is 0 Å². The van der Waals surface area contributed by atoms with E-state index in [0.29, 0.717) is 11.6 Å². The molecule has 1 aromatic carbocycles. The largest absolute Gasteiger partial charge is 0.351 e. The number of nitrogens with one attached hydrogen (secondary N) is 1. The third kappa shape index (κ3) is 3.63. The summed E-state index contributed by atoms with van der Waals surface area (Å²) in [6.45, 7) is 4.22. The molecule has 2 aromatic heterocycles. The SMILES string of the molecule is CC(C)n1ccc(/C=N/NC(=O)c2cccc(-n3cccc3)c2)c1. The van der Waals surface area contributed by atoms with E-state index in [1.54, 1.807) is 12.3 Å². The van der Waals surface area contributed by atoms with E-state index in [1.807, 2.05) is 65.8 Å². The summed E-state index contributed by atoms with van der Waals surface area (Å²) in [6, 6.07) is 13.7. The minimum atomic E-state index is -0.233. The Bertz CT molecular complexity index is 844. The molecule has 5 heteroatoms. The first-order valence-electron chi connectivity index (χ1n) is 7.88. The molecule has 0 unspecified atom stereocenters. The van der Waals surface area contributed by atoms with Gasteiger partial charge in [0.05, 0.1) is 6.21 Å². The Morgan fingerprint density at radius 3 is 2.62 bits per heavy atom. The molecule has 0 bridgehead atoms. The van der Waals surface area contributed by atoms with Gasteiger partial charge in [-0.1, -0.05) is 6.07 Å². The molecular weight excluding hydrogens is 300 g/mol. The van der Waals surface area contributed by atoms with Gasteiger partial charge < -0.3 is 9.13 Å². The number of rotatable bonds is 5. The highest BCUT2D eigenvalue weighted by Crippen LogP contribution is 2.11. The van der Waals surface area contributed by atoms with Crippen molar-refractivity contribution < 1.29 is 4.79 Å². The maximum atomic E-state index is 12.2. The van der Waals surface area contributed by atoms with Crippen molar-refractivity contribution in [1.29, 1.82) is 0 Å². The second kappa shape index (κ2) is 7.00. The van der Waals surface area contributed by atoms with Gasteiger partial charge in [0.1, 0.15) is 0 Å². The molecule has 0 aliphatic heterocycles. The van der Waals surface area contributed by atoms with Gasteiger partial charge in [0.15, 0.2) is 0 Å². The lowest BCUT2D eigenvalue weighted by Gasteiger charge is -2.05. The zero-order chi connectivity index (χ0) is 16.9. The van der Waals surface area contributed by atoms with Crippen LogP contribution in [0.25, 0.3) is 5.69 Å². The first-order chi connectivity index (χ1) is 11.6. The lowest BCUT2D eigenvalue weighted by molar-refractivity contribution is 0.0955. The van der Waals surface area contributed by atoms with E-state index in [0.717, 1.165) is 11.3 Å². The molecule has 3 rings (SSSR count). The number of hydrogen-bond donors (Lipinski definition) is 1. The highest BCUT2D eigenvalue weighted by Gasteiger charge is 2.05. The molecule has 1 amide bonds. The van der Waals surface area contributed by atoms with E-state index in [2.05, 4.69) is 28.9 Å². The lowest BCUT2D eigenvalue weighted by atomic mass is 10.2. The van der Waals surface area contributed by atoms with Gasteiger partial charge in [0, 0.05) is 47.6 Å². The Kier molecular flexibility index (Phi) is 4.61. The molecule has 0 radical (unpaired) electrons. The first-order valence-corrected chi connectivity index (χ1v) is 7.88. The van der Waals surface area contributed by atoms with Crippen LogP contribution in [0.1, 0.15) is 35.8 Å². The van der Waals surface area contributed by atoms with Crippen LogP contribution < -0.4 is 5.43 Å². The summed E-state index contributed by atoms with van der Waals surface area (Å²) in [7, 11) is 0. The number of benzene rings is 1. The predicted molar refractivity (Wildman–Crippen MR) is 95.6 cm³/mol. The van der Waals surface area contributed by atoms with E-state index < -0.39 is 0 Å². The highest BCUT2D eigenvalue weighted by atomic mass is 16.2. The van der Waals surface area contributed by atoms with Crippen LogP contribution in [-0.2, 0) is 0 Å². The third-order valence-electron chi connectivity index (χ3n) is 3.72. The monoisotopic (exact) mass is 320 g/mol. The van der Waals surface area contributed by atoms with Gasteiger partial charge in [-0.15, -0.1) is 0 Å². The topological polar surface area (TPSA) is 51.3 Å². The fourth-order valence-electron chi connectivity index (χ4n) is 2.37. The van der Waals surface area contributed by atoms with Crippen LogP contribution in [0.15, 0.2) is 72.4 Å². The quantitative estimate of drug-likeness (QED) is 0.566. The summed E-state index contributed by atoms with van der Waals surface area (Å²) in [5.41, 5.74) is 5.02. The van der Waals surface area contributed by atoms with Crippen molar-refractivity contribution in [1.82, 2.24) is 14.6 Å². The fraction of sp³-hybridized carbons (Fsp3) is 0.158. The average Bonchev–Trinajstić information content (AvgIpc) is 3.27. The summed E-state index contributed by atoms with van der Waals surface area (Å²) in [5.74, 6) is -0.233. The second-order valence-electron chi connectivity index (χ2n) is 5.83. The molecular formula is C19H20N4O. The number of hydrazone groups is 1. The maximum Gasteiger partial charge on any atom is 0.271 e. The van der Waals surface area contributed by atoms with Gasteiger partial charge in [-0.25, -0.2) is 5.43 Å². The molecule has 0 fully saturated rings. The lowest BCUT2D eigenvalue weighted by Crippen LogP contribution is -2.17. The van der Waals surface area contributed by atoms with Gasteiger partial charge >= 0.3 is 0 Å². The molecule has 1 N–H and O–H groups in total. The van der Waals surface area contributed by atoms with E-state index >= 15 is 0 Å². The molecule has 0 saturated heterocycles. The van der Waals surface area contributed by atoms with Crippen LogP contribution >= 0.6 is 0 Å². The number of amides is 1. The van der Waals surface area contributed by atoms with Gasteiger partial charge in [-0.3, -0.25) is 4.79 Å². The van der Waals surface area contributed by atoms with Crippen molar-refractivity contribution in [3.05, 3.63) is 78.4 Å². The number of hydrogen-bond acceptors (Lipinski definition) is 2. The highest BCUT2D eigenvalue weighted by molar-refractivity contribution is 5.95. The minimum absolute atomic E-state index is 0.233. The molecule has 5 nitrogen and oxygen atoms in total. The Morgan fingerprint density at radius 1 is 1.12 bits per heavy atom. The number of carbonyl (C=O) groups is 1. The molecule has 3 aromatic rings. The van der Waals surface area contributed by atoms with Crippen molar-refractivity contribution in [2.75, 3.05) is 0 Å². The van der Waals surface area contributed by atoms with Gasteiger partial charge in [0.2, 0.25) is 0 Å². The summed E-state index contributed by atoms with van der Waals surface area (Å²) in [6.07, 6.45) is 9.51. The van der Waals surface area contributed by atoms with Crippen LogP contribution in [0.2, 0.25) is 0 Å². The number of carbonyl (C=O) groups excluding carboxylic acids is 1. The van der Waals surface area contributed by atoms with Crippen molar-refractivity contribution in [2.24, 2.45) is 5.10 Å². The normalized spacial score (nSPS) is 11.3. The first kappa shape index (κ1) is 15.8. The maximum absolute atomic E-state index is 12.2.